The van der Waals surface area contributed by atoms with E-state index in [1.54, 1.807) is 35.2 Å². The Labute approximate surface area is 121 Å². The van der Waals surface area contributed by atoms with Gasteiger partial charge in [0.1, 0.15) is 4.34 Å². The molecule has 1 heterocycles. The van der Waals surface area contributed by atoms with E-state index in [0.29, 0.717) is 10.2 Å². The highest BCUT2D eigenvalue weighted by atomic mass is 79.9. The third-order valence-corrected chi connectivity index (χ3v) is 5.05. The van der Waals surface area contributed by atoms with Crippen LogP contribution < -0.4 is 0 Å². The van der Waals surface area contributed by atoms with Crippen LogP contribution in [-0.4, -0.2) is 9.91 Å². The molecule has 0 atom stereocenters. The number of hydrogen-bond acceptors (Lipinski definition) is 5. The normalized spacial score (nSPS) is 10.6. The molecule has 94 valence electrons. The molecule has 1 aromatic heterocycles. The molecule has 0 saturated carbocycles. The molecular weight excluding hydrogens is 336 g/mol. The van der Waals surface area contributed by atoms with Crippen LogP contribution in [0, 0.1) is 17.0 Å². The lowest BCUT2D eigenvalue weighted by molar-refractivity contribution is -0.385. The molecule has 2 aromatic rings. The van der Waals surface area contributed by atoms with Crippen LogP contribution in [0.2, 0.25) is 0 Å². The van der Waals surface area contributed by atoms with Crippen molar-refractivity contribution in [1.29, 1.82) is 0 Å². The van der Waals surface area contributed by atoms with Gasteiger partial charge < -0.3 is 0 Å². The molecule has 0 unspecified atom stereocenters. The van der Waals surface area contributed by atoms with Crippen LogP contribution in [0.1, 0.15) is 11.3 Å². The maximum Gasteiger partial charge on any atom is 0.283 e. The molecule has 0 saturated heterocycles. The number of aryl methyl sites for hydroxylation is 1. The van der Waals surface area contributed by atoms with E-state index < -0.39 is 0 Å². The van der Waals surface area contributed by atoms with Gasteiger partial charge in [-0.25, -0.2) is 4.98 Å². The first-order chi connectivity index (χ1) is 8.56. The van der Waals surface area contributed by atoms with E-state index in [1.165, 1.54) is 0 Å². The number of hydrogen-bond donors (Lipinski definition) is 0. The molecule has 0 aliphatic carbocycles. The maximum atomic E-state index is 10.8. The van der Waals surface area contributed by atoms with Crippen LogP contribution in [-0.2, 0) is 5.75 Å². The van der Waals surface area contributed by atoms with Gasteiger partial charge in [-0.05, 0) is 34.5 Å². The minimum absolute atomic E-state index is 0.100. The first-order valence-corrected chi connectivity index (χ1v) is 7.70. The number of halogens is 1. The zero-order valence-electron chi connectivity index (χ0n) is 9.42. The quantitative estimate of drug-likeness (QED) is 0.468. The van der Waals surface area contributed by atoms with Gasteiger partial charge in [0, 0.05) is 22.9 Å². The molecular formula is C11H9BrN2O2S2. The first kappa shape index (κ1) is 13.5. The Morgan fingerprint density at radius 2 is 2.33 bits per heavy atom. The Balaban J connectivity index is 2.10. The number of nitro benzene ring substituents is 1. The summed E-state index contributed by atoms with van der Waals surface area (Å²) >= 11 is 6.35. The van der Waals surface area contributed by atoms with Crippen LogP contribution in [0.25, 0.3) is 0 Å². The molecule has 0 amide bonds. The van der Waals surface area contributed by atoms with Crippen LogP contribution in [0.15, 0.2) is 32.4 Å². The molecule has 0 radical (unpaired) electrons. The Morgan fingerprint density at radius 1 is 1.56 bits per heavy atom. The van der Waals surface area contributed by atoms with Crippen molar-refractivity contribution in [3.05, 3.63) is 49.4 Å². The van der Waals surface area contributed by atoms with Crippen molar-refractivity contribution < 1.29 is 4.92 Å². The Hall–Kier alpha value is -0.920. The SMILES string of the molecule is Cc1csc(SCc2ccc(Br)c([N+](=O)[O-])c2)n1. The Kier molecular flexibility index (Phi) is 4.36. The molecule has 2 rings (SSSR count). The summed E-state index contributed by atoms with van der Waals surface area (Å²) in [5, 5.41) is 12.8. The fourth-order valence-corrected chi connectivity index (χ4v) is 3.52. The predicted octanol–water partition coefficient (Wildman–Crippen LogP) is 4.41. The lowest BCUT2D eigenvalue weighted by Crippen LogP contribution is -1.91. The second-order valence-corrected chi connectivity index (χ2v) is 6.52. The van der Waals surface area contributed by atoms with Crippen molar-refractivity contribution in [3.63, 3.8) is 0 Å². The van der Waals surface area contributed by atoms with Crippen molar-refractivity contribution in [2.24, 2.45) is 0 Å². The van der Waals surface area contributed by atoms with Crippen molar-refractivity contribution in [1.82, 2.24) is 4.98 Å². The second kappa shape index (κ2) is 5.81. The fraction of sp³-hybridized carbons (Fsp3) is 0.182. The molecule has 18 heavy (non-hydrogen) atoms. The van der Waals surface area contributed by atoms with Crippen LogP contribution in [0.3, 0.4) is 0 Å². The minimum atomic E-state index is -0.383. The zero-order valence-corrected chi connectivity index (χ0v) is 12.6. The summed E-state index contributed by atoms with van der Waals surface area (Å²) in [5.41, 5.74) is 2.02. The monoisotopic (exact) mass is 344 g/mol. The third kappa shape index (κ3) is 3.30. The first-order valence-electron chi connectivity index (χ1n) is 5.04. The topological polar surface area (TPSA) is 56.0 Å². The molecule has 0 N–H and O–H groups in total. The molecule has 4 nitrogen and oxygen atoms in total. The lowest BCUT2D eigenvalue weighted by atomic mass is 10.2. The van der Waals surface area contributed by atoms with Gasteiger partial charge in [-0.3, -0.25) is 10.1 Å². The van der Waals surface area contributed by atoms with E-state index in [1.807, 2.05) is 18.4 Å². The maximum absolute atomic E-state index is 10.8. The van der Waals surface area contributed by atoms with Gasteiger partial charge in [-0.2, -0.15) is 0 Å². The molecule has 0 bridgehead atoms. The van der Waals surface area contributed by atoms with Crippen LogP contribution in [0.4, 0.5) is 5.69 Å². The van der Waals surface area contributed by atoms with Gasteiger partial charge in [-0.15, -0.1) is 11.3 Å². The fourth-order valence-electron chi connectivity index (χ4n) is 1.33. The van der Waals surface area contributed by atoms with E-state index in [2.05, 4.69) is 20.9 Å². The molecule has 0 aliphatic heterocycles. The Morgan fingerprint density at radius 3 is 2.94 bits per heavy atom. The average Bonchev–Trinajstić information content (AvgIpc) is 2.74. The van der Waals surface area contributed by atoms with Gasteiger partial charge in [0.05, 0.1) is 9.40 Å². The summed E-state index contributed by atoms with van der Waals surface area (Å²) in [6.07, 6.45) is 0. The van der Waals surface area contributed by atoms with E-state index in [-0.39, 0.29) is 10.6 Å². The summed E-state index contributed by atoms with van der Waals surface area (Å²) in [7, 11) is 0. The van der Waals surface area contributed by atoms with E-state index in [0.717, 1.165) is 15.6 Å². The highest BCUT2D eigenvalue weighted by Crippen LogP contribution is 2.30. The van der Waals surface area contributed by atoms with Crippen molar-refractivity contribution in [2.45, 2.75) is 17.0 Å². The summed E-state index contributed by atoms with van der Waals surface area (Å²) in [5.74, 6) is 0.682. The largest absolute Gasteiger partial charge is 0.283 e. The van der Waals surface area contributed by atoms with Gasteiger partial charge in [0.25, 0.3) is 5.69 Å². The number of rotatable bonds is 4. The molecule has 0 fully saturated rings. The average molecular weight is 345 g/mol. The molecule has 1 aromatic carbocycles. The summed E-state index contributed by atoms with van der Waals surface area (Å²) in [4.78, 5) is 14.8. The third-order valence-electron chi connectivity index (χ3n) is 2.17. The highest BCUT2D eigenvalue weighted by Gasteiger charge is 2.12. The van der Waals surface area contributed by atoms with Crippen molar-refractivity contribution in [3.8, 4) is 0 Å². The predicted molar refractivity (Wildman–Crippen MR) is 77.2 cm³/mol. The van der Waals surface area contributed by atoms with Crippen molar-refractivity contribution in [2.75, 3.05) is 0 Å². The minimum Gasteiger partial charge on any atom is -0.258 e. The number of thioether (sulfide) groups is 1. The second-order valence-electron chi connectivity index (χ2n) is 3.59. The van der Waals surface area contributed by atoms with Crippen LogP contribution in [0.5, 0.6) is 0 Å². The van der Waals surface area contributed by atoms with E-state index in [9.17, 15) is 10.1 Å². The zero-order chi connectivity index (χ0) is 13.1. The molecule has 0 aliphatic rings. The number of thiazole rings is 1. The Bertz CT molecular complexity index is 586. The van der Waals surface area contributed by atoms with Gasteiger partial charge in [-0.1, -0.05) is 17.8 Å². The van der Waals surface area contributed by atoms with Gasteiger partial charge in [0.15, 0.2) is 0 Å². The number of nitro groups is 1. The number of aromatic nitrogens is 1. The molecule has 7 heteroatoms. The summed E-state index contributed by atoms with van der Waals surface area (Å²) in [6, 6.07) is 5.18. The number of nitrogens with zero attached hydrogens (tertiary/aromatic N) is 2. The highest BCUT2D eigenvalue weighted by molar-refractivity contribution is 9.10. The standard InChI is InChI=1S/C11H9BrN2O2S2/c1-7-5-17-11(13-7)18-6-8-2-3-9(12)10(4-8)14(15)16/h2-5H,6H2,1H3. The smallest absolute Gasteiger partial charge is 0.258 e. The van der Waals surface area contributed by atoms with Gasteiger partial charge >= 0.3 is 0 Å². The summed E-state index contributed by atoms with van der Waals surface area (Å²) < 4.78 is 1.49. The van der Waals surface area contributed by atoms with Crippen molar-refractivity contribution >= 4 is 44.7 Å². The molecule has 0 spiro atoms. The van der Waals surface area contributed by atoms with Gasteiger partial charge in [0.2, 0.25) is 0 Å². The van der Waals surface area contributed by atoms with Crippen LogP contribution >= 0.6 is 39.0 Å². The van der Waals surface area contributed by atoms with E-state index in [4.69, 9.17) is 0 Å². The van der Waals surface area contributed by atoms with E-state index >= 15 is 0 Å². The summed E-state index contributed by atoms with van der Waals surface area (Å²) in [6.45, 7) is 1.95. The lowest BCUT2D eigenvalue weighted by Gasteiger charge is -2.01. The number of benzene rings is 1.